The molecule has 1 aromatic rings. The van der Waals surface area contributed by atoms with Gasteiger partial charge < -0.3 is 18.4 Å². The van der Waals surface area contributed by atoms with Gasteiger partial charge in [0.15, 0.2) is 0 Å². The van der Waals surface area contributed by atoms with Crippen LogP contribution in [0.15, 0.2) is 30.3 Å². The van der Waals surface area contributed by atoms with Crippen molar-refractivity contribution in [1.82, 2.24) is 0 Å². The molecule has 0 amide bonds. The van der Waals surface area contributed by atoms with E-state index in [0.717, 1.165) is 5.56 Å². The first-order chi connectivity index (χ1) is 3.93. The van der Waals surface area contributed by atoms with Crippen molar-refractivity contribution in [3.8, 4) is 0 Å². The van der Waals surface area contributed by atoms with Gasteiger partial charge >= 0.3 is 37.7 Å². The fraction of sp³-hybridized carbons (Fsp3) is 0. The quantitative estimate of drug-likeness (QED) is 0.214. The van der Waals surface area contributed by atoms with Gasteiger partial charge in [0.1, 0.15) is 0 Å². The summed E-state index contributed by atoms with van der Waals surface area (Å²) in [7, 11) is 0. The van der Waals surface area contributed by atoms with Crippen molar-refractivity contribution in [2.24, 2.45) is 0 Å². The summed E-state index contributed by atoms with van der Waals surface area (Å²) in [5.41, 5.74) is 1.10. The summed E-state index contributed by atoms with van der Waals surface area (Å²) in [5, 5.41) is 0. The van der Waals surface area contributed by atoms with Gasteiger partial charge in [-0.15, -0.1) is 12.1 Å². The van der Waals surface area contributed by atoms with Gasteiger partial charge in [0.05, 0.1) is 0 Å². The molecule has 10 heavy (non-hydrogen) atoms. The maximum absolute atomic E-state index is 4.69. The van der Waals surface area contributed by atoms with Gasteiger partial charge in [-0.1, -0.05) is 6.07 Å². The molecule has 0 spiro atoms. The van der Waals surface area contributed by atoms with Crippen LogP contribution in [0, 0.1) is 5.75 Å². The molecule has 0 saturated carbocycles. The van der Waals surface area contributed by atoms with E-state index in [1.54, 1.807) is 5.75 Å². The summed E-state index contributed by atoms with van der Waals surface area (Å²) in [4.78, 5) is 0. The minimum absolute atomic E-state index is 0. The van der Waals surface area contributed by atoms with Crippen molar-refractivity contribution in [2.75, 3.05) is 0 Å². The second-order valence-corrected chi connectivity index (χ2v) is 1.76. The van der Waals surface area contributed by atoms with Crippen LogP contribution >= 0.6 is 0 Å². The maximum Gasteiger partial charge on any atom is 1.00 e. The molecule has 0 aliphatic rings. The van der Waals surface area contributed by atoms with Crippen molar-refractivity contribution in [3.05, 3.63) is 41.6 Å². The van der Waals surface area contributed by atoms with Crippen LogP contribution in [0.4, 0.5) is 0 Å². The Morgan fingerprint density at radius 3 is 1.80 bits per heavy atom. The van der Waals surface area contributed by atoms with Gasteiger partial charge in [-0.25, -0.2) is 5.56 Å². The molecule has 0 heterocycles. The fourth-order valence-electron chi connectivity index (χ4n) is 0.532. The van der Waals surface area contributed by atoms with Crippen LogP contribution in [0.1, 0.15) is 5.56 Å². The molecule has 42 valence electrons. The Morgan fingerprint density at radius 2 is 1.50 bits per heavy atom. The Labute approximate surface area is 91.5 Å². The Kier molecular flexibility index (Phi) is 10.2. The van der Waals surface area contributed by atoms with Gasteiger partial charge in [-0.2, -0.15) is 12.1 Å². The maximum atomic E-state index is 4.69. The van der Waals surface area contributed by atoms with Crippen LogP contribution in [-0.2, 0) is 12.6 Å². The Morgan fingerprint density at radius 1 is 1.00 bits per heavy atom. The molecule has 0 radical (unpaired) electrons. The van der Waals surface area contributed by atoms with E-state index in [0.29, 0.717) is 0 Å². The number of benzene rings is 1. The molecule has 0 fully saturated rings. The molecule has 0 saturated heterocycles. The standard InChI is InChI=1S/C7H6S.2Li/c8-6-7-4-2-1-3-5-7;;/h1-6H;;/q-2;2*+1. The first-order valence-corrected chi connectivity index (χ1v) is 2.91. The van der Waals surface area contributed by atoms with E-state index in [2.05, 4.69) is 0 Å². The molecule has 0 atom stereocenters. The Bertz CT molecular complexity index is 153. The summed E-state index contributed by atoms with van der Waals surface area (Å²) < 4.78 is 0. The van der Waals surface area contributed by atoms with Crippen molar-refractivity contribution < 1.29 is 37.7 Å². The molecule has 3 heteroatoms. The molecule has 0 bridgehead atoms. The zero-order chi connectivity index (χ0) is 5.82. The topological polar surface area (TPSA) is 0 Å². The largest absolute Gasteiger partial charge is 1.00 e. The van der Waals surface area contributed by atoms with Crippen LogP contribution in [0.2, 0.25) is 0 Å². The number of hydrogen-bond acceptors (Lipinski definition) is 1. The van der Waals surface area contributed by atoms with Gasteiger partial charge in [-0.05, 0) is 0 Å². The number of hydrogen-bond donors (Lipinski definition) is 0. The Hall–Kier alpha value is 0.635. The van der Waals surface area contributed by atoms with E-state index in [-0.39, 0.29) is 37.7 Å². The Balaban J connectivity index is 0. The van der Waals surface area contributed by atoms with Crippen LogP contribution in [-0.4, -0.2) is 0 Å². The van der Waals surface area contributed by atoms with Crippen LogP contribution < -0.4 is 37.7 Å². The van der Waals surface area contributed by atoms with Gasteiger partial charge in [-0.3, -0.25) is 0 Å². The first kappa shape index (κ1) is 13.2. The van der Waals surface area contributed by atoms with Gasteiger partial charge in [0.25, 0.3) is 0 Å². The predicted octanol–water partition coefficient (Wildman–Crippen LogP) is -4.25. The molecular weight excluding hydrogens is 130 g/mol. The molecular formula is C7H6Li2S. The number of rotatable bonds is 1. The van der Waals surface area contributed by atoms with Crippen LogP contribution in [0.25, 0.3) is 0 Å². The molecule has 0 N–H and O–H groups in total. The SMILES string of the molecule is [Li+].[Li+].[S-][CH-]c1ccccc1. The zero-order valence-corrected chi connectivity index (χ0v) is 7.19. The van der Waals surface area contributed by atoms with E-state index < -0.39 is 0 Å². The van der Waals surface area contributed by atoms with Crippen molar-refractivity contribution >= 4 is 12.6 Å². The third-order valence-corrected chi connectivity index (χ3v) is 1.21. The minimum Gasteiger partial charge on any atom is -0.847 e. The van der Waals surface area contributed by atoms with E-state index in [1.165, 1.54) is 0 Å². The predicted molar refractivity (Wildman–Crippen MR) is 37.2 cm³/mol. The molecule has 1 rings (SSSR count). The van der Waals surface area contributed by atoms with Gasteiger partial charge in [0.2, 0.25) is 0 Å². The molecule has 0 aliphatic heterocycles. The summed E-state index contributed by atoms with van der Waals surface area (Å²) in [6.45, 7) is 0. The third kappa shape index (κ3) is 4.45. The summed E-state index contributed by atoms with van der Waals surface area (Å²) in [5.74, 6) is 1.67. The van der Waals surface area contributed by atoms with E-state index in [1.807, 2.05) is 30.3 Å². The second-order valence-electron chi connectivity index (χ2n) is 1.53. The minimum atomic E-state index is 0. The monoisotopic (exact) mass is 136 g/mol. The van der Waals surface area contributed by atoms with Crippen molar-refractivity contribution in [2.45, 2.75) is 0 Å². The van der Waals surface area contributed by atoms with Gasteiger partial charge in [0, 0.05) is 0 Å². The smallest absolute Gasteiger partial charge is 0.847 e. The second kappa shape index (κ2) is 7.74. The average Bonchev–Trinajstić information content (AvgIpc) is 1.90. The molecule has 0 aliphatic carbocycles. The zero-order valence-electron chi connectivity index (χ0n) is 6.37. The van der Waals surface area contributed by atoms with Crippen LogP contribution in [0.3, 0.4) is 0 Å². The van der Waals surface area contributed by atoms with E-state index in [4.69, 9.17) is 12.6 Å². The third-order valence-electron chi connectivity index (χ3n) is 0.936. The summed E-state index contributed by atoms with van der Waals surface area (Å²) >= 11 is 4.69. The average molecular weight is 136 g/mol. The normalized spacial score (nSPS) is 6.90. The summed E-state index contributed by atoms with van der Waals surface area (Å²) in [6.07, 6.45) is 0. The summed E-state index contributed by atoms with van der Waals surface area (Å²) in [6, 6.07) is 9.87. The first-order valence-electron chi connectivity index (χ1n) is 2.44. The van der Waals surface area contributed by atoms with Crippen molar-refractivity contribution in [3.63, 3.8) is 0 Å². The fourth-order valence-corrected chi connectivity index (χ4v) is 0.689. The molecule has 0 aromatic heterocycles. The molecule has 0 nitrogen and oxygen atoms in total. The van der Waals surface area contributed by atoms with E-state index >= 15 is 0 Å². The van der Waals surface area contributed by atoms with Crippen LogP contribution in [0.5, 0.6) is 0 Å². The molecule has 1 aromatic carbocycles. The van der Waals surface area contributed by atoms with Crippen molar-refractivity contribution in [1.29, 1.82) is 0 Å². The molecule has 0 unspecified atom stereocenters. The van der Waals surface area contributed by atoms with E-state index in [9.17, 15) is 0 Å².